The van der Waals surface area contributed by atoms with Gasteiger partial charge in [0, 0.05) is 49.6 Å². The topological polar surface area (TPSA) is 90.2 Å². The summed E-state index contributed by atoms with van der Waals surface area (Å²) in [5, 5.41) is 12.4. The largest absolute Gasteiger partial charge is 0.465 e. The molecule has 150 valence electrons. The highest BCUT2D eigenvalue weighted by molar-refractivity contribution is 6.30. The van der Waals surface area contributed by atoms with E-state index in [-0.39, 0.29) is 5.91 Å². The van der Waals surface area contributed by atoms with Crippen LogP contribution in [0.5, 0.6) is 0 Å². The van der Waals surface area contributed by atoms with Crippen molar-refractivity contribution < 1.29 is 14.7 Å². The second-order valence-electron chi connectivity index (χ2n) is 6.92. The number of pyridine rings is 1. The summed E-state index contributed by atoms with van der Waals surface area (Å²) >= 11 is 5.96. The van der Waals surface area contributed by atoms with E-state index in [1.54, 1.807) is 34.9 Å². The number of halogens is 1. The lowest BCUT2D eigenvalue weighted by Crippen LogP contribution is -2.47. The van der Waals surface area contributed by atoms with Crippen LogP contribution in [0.1, 0.15) is 16.1 Å². The number of nitrogens with zero attached hydrogens (tertiary/aromatic N) is 4. The minimum Gasteiger partial charge on any atom is -0.465 e. The molecule has 1 saturated heterocycles. The molecule has 29 heavy (non-hydrogen) atoms. The highest BCUT2D eigenvalue weighted by Gasteiger charge is 2.20. The molecule has 2 N–H and O–H groups in total. The van der Waals surface area contributed by atoms with Gasteiger partial charge in [-0.1, -0.05) is 17.7 Å². The van der Waals surface area contributed by atoms with Crippen molar-refractivity contribution in [3.05, 3.63) is 65.1 Å². The van der Waals surface area contributed by atoms with Crippen LogP contribution in [0.25, 0.3) is 5.65 Å². The van der Waals surface area contributed by atoms with Gasteiger partial charge in [0.25, 0.3) is 5.91 Å². The average Bonchev–Trinajstić information content (AvgIpc) is 3.12. The quantitative estimate of drug-likeness (QED) is 0.686. The third-order valence-electron chi connectivity index (χ3n) is 4.94. The first-order valence-electron chi connectivity index (χ1n) is 9.23. The maximum absolute atomic E-state index is 12.6. The minimum absolute atomic E-state index is 0.266. The molecule has 0 bridgehead atoms. The maximum Gasteiger partial charge on any atom is 0.407 e. The predicted octanol–water partition coefficient (Wildman–Crippen LogP) is 3.04. The van der Waals surface area contributed by atoms with E-state index in [1.807, 2.05) is 18.3 Å². The van der Waals surface area contributed by atoms with Crippen LogP contribution in [0.3, 0.4) is 0 Å². The van der Waals surface area contributed by atoms with Crippen LogP contribution in [0.15, 0.2) is 48.8 Å². The first kappa shape index (κ1) is 19.2. The van der Waals surface area contributed by atoms with E-state index in [0.29, 0.717) is 54.8 Å². The van der Waals surface area contributed by atoms with E-state index in [1.165, 1.54) is 4.90 Å². The Kier molecular flexibility index (Phi) is 5.37. The van der Waals surface area contributed by atoms with Crippen molar-refractivity contribution in [1.29, 1.82) is 0 Å². The van der Waals surface area contributed by atoms with Gasteiger partial charge >= 0.3 is 6.09 Å². The molecule has 9 heteroatoms. The highest BCUT2D eigenvalue weighted by Crippen LogP contribution is 2.17. The number of nitrogens with one attached hydrogen (secondary N) is 1. The minimum atomic E-state index is -0.868. The fourth-order valence-corrected chi connectivity index (χ4v) is 3.60. The third-order valence-corrected chi connectivity index (χ3v) is 5.18. The van der Waals surface area contributed by atoms with Crippen molar-refractivity contribution in [1.82, 2.24) is 19.2 Å². The van der Waals surface area contributed by atoms with Gasteiger partial charge in [0.1, 0.15) is 11.3 Å². The summed E-state index contributed by atoms with van der Waals surface area (Å²) in [6, 6.07) is 10.9. The molecular weight excluding hydrogens is 394 g/mol. The normalized spacial score (nSPS) is 14.9. The number of amides is 2. The number of imidazole rings is 1. The number of anilines is 1. The number of carboxylic acid groups (broad SMARTS) is 1. The number of hydrogen-bond acceptors (Lipinski definition) is 4. The lowest BCUT2D eigenvalue weighted by atomic mass is 10.2. The Morgan fingerprint density at radius 3 is 2.66 bits per heavy atom. The number of fused-ring (bicyclic) bond motifs is 1. The van der Waals surface area contributed by atoms with E-state index >= 15 is 0 Å². The molecule has 8 nitrogen and oxygen atoms in total. The van der Waals surface area contributed by atoms with Crippen molar-refractivity contribution in [2.24, 2.45) is 0 Å². The van der Waals surface area contributed by atoms with Crippen molar-refractivity contribution in [3.63, 3.8) is 0 Å². The predicted molar refractivity (Wildman–Crippen MR) is 109 cm³/mol. The molecule has 3 aromatic rings. The number of hydrogen-bond donors (Lipinski definition) is 2. The van der Waals surface area contributed by atoms with Crippen molar-refractivity contribution in [2.45, 2.75) is 6.54 Å². The monoisotopic (exact) mass is 413 g/mol. The Hall–Kier alpha value is -3.10. The van der Waals surface area contributed by atoms with Crippen molar-refractivity contribution in [2.75, 3.05) is 31.5 Å². The van der Waals surface area contributed by atoms with E-state index in [4.69, 9.17) is 16.7 Å². The van der Waals surface area contributed by atoms with E-state index in [0.717, 1.165) is 5.56 Å². The number of aromatic nitrogens is 2. The first-order chi connectivity index (χ1) is 14.0. The molecule has 0 aliphatic carbocycles. The van der Waals surface area contributed by atoms with Crippen LogP contribution >= 0.6 is 11.6 Å². The Labute approximate surface area is 172 Å². The summed E-state index contributed by atoms with van der Waals surface area (Å²) < 4.78 is 1.74. The molecular formula is C20H20ClN5O3. The summed E-state index contributed by atoms with van der Waals surface area (Å²) in [5.74, 6) is -0.266. The van der Waals surface area contributed by atoms with Gasteiger partial charge in [0.05, 0.1) is 6.20 Å². The summed E-state index contributed by atoms with van der Waals surface area (Å²) in [7, 11) is 0. The average molecular weight is 414 g/mol. The fraction of sp³-hybridized carbons (Fsp3) is 0.250. The number of carbonyl (C=O) groups excluding carboxylic acids is 1. The van der Waals surface area contributed by atoms with Crippen LogP contribution in [-0.4, -0.2) is 62.5 Å². The lowest BCUT2D eigenvalue weighted by Gasteiger charge is -2.33. The van der Waals surface area contributed by atoms with Crippen molar-refractivity contribution >= 4 is 34.9 Å². The second-order valence-corrected chi connectivity index (χ2v) is 7.35. The van der Waals surface area contributed by atoms with Gasteiger partial charge in [0.2, 0.25) is 0 Å². The molecule has 1 aliphatic rings. The molecule has 0 unspecified atom stereocenters. The van der Waals surface area contributed by atoms with E-state index < -0.39 is 6.09 Å². The summed E-state index contributed by atoms with van der Waals surface area (Å²) in [5.41, 5.74) is 2.80. The zero-order valence-electron chi connectivity index (χ0n) is 15.6. The molecule has 0 atom stereocenters. The molecule has 4 rings (SSSR count). The Balaban J connectivity index is 1.45. The van der Waals surface area contributed by atoms with Gasteiger partial charge in [-0.05, 0) is 35.9 Å². The molecule has 2 aromatic heterocycles. The van der Waals surface area contributed by atoms with Crippen molar-refractivity contribution in [3.8, 4) is 0 Å². The van der Waals surface area contributed by atoms with Crippen LogP contribution in [0.4, 0.5) is 10.5 Å². The van der Waals surface area contributed by atoms with Crippen LogP contribution in [0.2, 0.25) is 5.02 Å². The van der Waals surface area contributed by atoms with E-state index in [2.05, 4.69) is 15.2 Å². The summed E-state index contributed by atoms with van der Waals surface area (Å²) in [6.07, 6.45) is 2.51. The Morgan fingerprint density at radius 1 is 1.14 bits per heavy atom. The van der Waals surface area contributed by atoms with Crippen LogP contribution in [-0.2, 0) is 6.54 Å². The maximum atomic E-state index is 12.6. The summed E-state index contributed by atoms with van der Waals surface area (Å²) in [4.78, 5) is 31.6. The summed E-state index contributed by atoms with van der Waals surface area (Å²) in [6.45, 7) is 3.11. The zero-order chi connectivity index (χ0) is 20.4. The smallest absolute Gasteiger partial charge is 0.407 e. The molecule has 1 aromatic carbocycles. The molecule has 2 amide bonds. The molecule has 1 fully saturated rings. The standard InChI is InChI=1S/C20H20ClN5O3/c21-15-2-1-3-16(11-15)23-19(27)17-12-22-18-10-14(4-5-26(17)18)13-24-6-8-25(9-7-24)20(28)29/h1-5,10-12H,6-9,13H2,(H,23,27)(H,28,29). The third kappa shape index (κ3) is 4.33. The Bertz CT molecular complexity index is 1060. The van der Waals surface area contributed by atoms with Crippen LogP contribution < -0.4 is 5.32 Å². The molecule has 0 radical (unpaired) electrons. The SMILES string of the molecule is O=C(Nc1cccc(Cl)c1)c1cnc2cc(CN3CCN(C(=O)O)CC3)ccn12. The van der Waals surface area contributed by atoms with Crippen LogP contribution in [0, 0.1) is 0 Å². The van der Waals surface area contributed by atoms with Gasteiger partial charge < -0.3 is 15.3 Å². The molecule has 0 spiro atoms. The number of piperazine rings is 1. The second kappa shape index (κ2) is 8.10. The van der Waals surface area contributed by atoms with Gasteiger partial charge in [0.15, 0.2) is 0 Å². The molecule has 0 saturated carbocycles. The molecule has 3 heterocycles. The number of benzene rings is 1. The zero-order valence-corrected chi connectivity index (χ0v) is 16.3. The highest BCUT2D eigenvalue weighted by atomic mass is 35.5. The first-order valence-corrected chi connectivity index (χ1v) is 9.60. The lowest BCUT2D eigenvalue weighted by molar-refractivity contribution is 0.101. The number of rotatable bonds is 4. The van der Waals surface area contributed by atoms with E-state index in [9.17, 15) is 9.59 Å². The Morgan fingerprint density at radius 2 is 1.93 bits per heavy atom. The van der Waals surface area contributed by atoms with Gasteiger partial charge in [-0.15, -0.1) is 0 Å². The van der Waals surface area contributed by atoms with Gasteiger partial charge in [-0.25, -0.2) is 9.78 Å². The van der Waals surface area contributed by atoms with Gasteiger partial charge in [-0.2, -0.15) is 0 Å². The number of carbonyl (C=O) groups is 2. The fourth-order valence-electron chi connectivity index (χ4n) is 3.41. The van der Waals surface area contributed by atoms with Gasteiger partial charge in [-0.3, -0.25) is 14.1 Å². The molecule has 1 aliphatic heterocycles.